The van der Waals surface area contributed by atoms with Crippen molar-refractivity contribution in [2.75, 3.05) is 0 Å². The summed E-state index contributed by atoms with van der Waals surface area (Å²) < 4.78 is 5.57. The molecule has 3 amide bonds. The minimum absolute atomic E-state index is 0.278. The highest BCUT2D eigenvalue weighted by molar-refractivity contribution is 6.06. The number of aryl methyl sites for hydroxylation is 1. The summed E-state index contributed by atoms with van der Waals surface area (Å²) in [6, 6.07) is 7.33. The van der Waals surface area contributed by atoms with Gasteiger partial charge in [0.2, 0.25) is 0 Å². The molecule has 6 heteroatoms. The number of hydrogen-bond acceptors (Lipinski definition) is 4. The molecular formula is C18H22N2O4. The Bertz CT molecular complexity index is 631. The van der Waals surface area contributed by atoms with Crippen LogP contribution in [0.25, 0.3) is 0 Å². The number of amides is 3. The van der Waals surface area contributed by atoms with Gasteiger partial charge in [-0.05, 0) is 38.8 Å². The van der Waals surface area contributed by atoms with Crippen molar-refractivity contribution in [2.45, 2.75) is 45.6 Å². The number of imide groups is 1. The van der Waals surface area contributed by atoms with E-state index in [1.54, 1.807) is 19.1 Å². The Morgan fingerprint density at radius 3 is 2.21 bits per heavy atom. The number of hydrogen-bond donors (Lipinski definition) is 1. The molecule has 1 aliphatic carbocycles. The number of carbonyl (C=O) groups is 3. The van der Waals surface area contributed by atoms with Crippen molar-refractivity contribution in [1.82, 2.24) is 10.4 Å². The minimum Gasteiger partial charge on any atom is -0.481 e. The molecule has 1 N–H and O–H groups in total. The Balaban J connectivity index is 1.62. The topological polar surface area (TPSA) is 75.7 Å². The van der Waals surface area contributed by atoms with Gasteiger partial charge in [-0.25, -0.2) is 0 Å². The van der Waals surface area contributed by atoms with Gasteiger partial charge in [-0.2, -0.15) is 5.01 Å². The number of carbonyl (C=O) groups excluding carboxylic acids is 3. The molecule has 3 unspecified atom stereocenters. The third kappa shape index (κ3) is 3.13. The Morgan fingerprint density at radius 1 is 1.12 bits per heavy atom. The van der Waals surface area contributed by atoms with E-state index in [2.05, 4.69) is 5.43 Å². The fourth-order valence-corrected chi connectivity index (χ4v) is 3.35. The van der Waals surface area contributed by atoms with Crippen LogP contribution in [-0.2, 0) is 14.4 Å². The van der Waals surface area contributed by atoms with E-state index in [-0.39, 0.29) is 23.7 Å². The summed E-state index contributed by atoms with van der Waals surface area (Å²) in [5, 5.41) is 0.901. The van der Waals surface area contributed by atoms with Crippen LogP contribution in [0.15, 0.2) is 24.3 Å². The maximum absolute atomic E-state index is 12.4. The molecule has 24 heavy (non-hydrogen) atoms. The summed E-state index contributed by atoms with van der Waals surface area (Å²) in [6.45, 7) is 3.55. The van der Waals surface area contributed by atoms with Gasteiger partial charge in [0.25, 0.3) is 17.7 Å². The smallest absolute Gasteiger partial charge is 0.279 e. The molecule has 1 aliphatic heterocycles. The van der Waals surface area contributed by atoms with E-state index in [9.17, 15) is 14.4 Å². The van der Waals surface area contributed by atoms with E-state index in [0.29, 0.717) is 5.75 Å². The van der Waals surface area contributed by atoms with Crippen LogP contribution in [0.1, 0.15) is 38.2 Å². The Hall–Kier alpha value is -2.37. The third-order valence-electron chi connectivity index (χ3n) is 4.77. The molecule has 3 rings (SSSR count). The first-order valence-corrected chi connectivity index (χ1v) is 8.39. The van der Waals surface area contributed by atoms with Crippen LogP contribution in [0.2, 0.25) is 0 Å². The van der Waals surface area contributed by atoms with E-state index in [1.807, 2.05) is 19.1 Å². The van der Waals surface area contributed by atoms with E-state index in [0.717, 1.165) is 36.3 Å². The van der Waals surface area contributed by atoms with Crippen LogP contribution in [-0.4, -0.2) is 28.8 Å². The molecule has 0 aromatic heterocycles. The lowest BCUT2D eigenvalue weighted by atomic mass is 9.81. The number of nitrogens with zero attached hydrogens (tertiary/aromatic N) is 1. The molecule has 1 saturated carbocycles. The lowest BCUT2D eigenvalue weighted by molar-refractivity contribution is -0.151. The van der Waals surface area contributed by atoms with Crippen LogP contribution in [0.4, 0.5) is 0 Å². The molecule has 2 fully saturated rings. The number of fused-ring (bicyclic) bond motifs is 1. The number of ether oxygens (including phenoxy) is 1. The molecule has 1 saturated heterocycles. The molecule has 128 valence electrons. The summed E-state index contributed by atoms with van der Waals surface area (Å²) in [5.41, 5.74) is 3.53. The van der Waals surface area contributed by atoms with Crippen LogP contribution in [0.5, 0.6) is 5.75 Å². The van der Waals surface area contributed by atoms with Crippen LogP contribution in [0.3, 0.4) is 0 Å². The summed E-state index contributed by atoms with van der Waals surface area (Å²) in [4.78, 5) is 37.0. The molecule has 1 aromatic carbocycles. The van der Waals surface area contributed by atoms with E-state index >= 15 is 0 Å². The zero-order valence-corrected chi connectivity index (χ0v) is 14.0. The molecular weight excluding hydrogens is 308 g/mol. The van der Waals surface area contributed by atoms with Crippen molar-refractivity contribution in [1.29, 1.82) is 0 Å². The second-order valence-corrected chi connectivity index (χ2v) is 6.56. The molecule has 0 radical (unpaired) electrons. The second-order valence-electron chi connectivity index (χ2n) is 6.56. The molecule has 2 aliphatic rings. The first kappa shape index (κ1) is 16.5. The van der Waals surface area contributed by atoms with Gasteiger partial charge in [-0.3, -0.25) is 19.8 Å². The number of rotatable bonds is 4. The maximum Gasteiger partial charge on any atom is 0.279 e. The van der Waals surface area contributed by atoms with Crippen LogP contribution < -0.4 is 10.2 Å². The molecule has 3 atom stereocenters. The van der Waals surface area contributed by atoms with Gasteiger partial charge in [0.15, 0.2) is 6.10 Å². The van der Waals surface area contributed by atoms with E-state index in [1.165, 1.54) is 0 Å². The normalized spacial score (nSPS) is 24.5. The molecule has 1 aromatic rings. The lowest BCUT2D eigenvalue weighted by Gasteiger charge is -2.20. The Labute approximate surface area is 141 Å². The zero-order chi connectivity index (χ0) is 17.3. The minimum atomic E-state index is -0.809. The quantitative estimate of drug-likeness (QED) is 0.857. The summed E-state index contributed by atoms with van der Waals surface area (Å²) >= 11 is 0. The van der Waals surface area contributed by atoms with Crippen molar-refractivity contribution in [2.24, 2.45) is 11.8 Å². The van der Waals surface area contributed by atoms with Crippen LogP contribution >= 0.6 is 0 Å². The van der Waals surface area contributed by atoms with Gasteiger partial charge in [0.1, 0.15) is 5.75 Å². The largest absolute Gasteiger partial charge is 0.481 e. The molecule has 0 spiro atoms. The van der Waals surface area contributed by atoms with Crippen LogP contribution in [0, 0.1) is 18.8 Å². The predicted molar refractivity (Wildman–Crippen MR) is 86.7 cm³/mol. The molecule has 1 heterocycles. The number of nitrogens with one attached hydrogen (secondary N) is 1. The first-order valence-electron chi connectivity index (χ1n) is 8.39. The maximum atomic E-state index is 12.4. The van der Waals surface area contributed by atoms with Crippen molar-refractivity contribution < 1.29 is 19.1 Å². The van der Waals surface area contributed by atoms with Gasteiger partial charge >= 0.3 is 0 Å². The standard InChI is InChI=1S/C18H22N2O4/c1-11-7-9-13(10-8-11)24-12(2)16(21)19-20-17(22)14-5-3-4-6-15(14)18(20)23/h7-10,12,14-15H,3-6H2,1-2H3,(H,19,21). The summed E-state index contributed by atoms with van der Waals surface area (Å²) in [6.07, 6.45) is 2.54. The van der Waals surface area contributed by atoms with Crippen molar-refractivity contribution in [3.8, 4) is 5.75 Å². The van der Waals surface area contributed by atoms with Crippen molar-refractivity contribution >= 4 is 17.7 Å². The number of hydrazine groups is 1. The number of benzene rings is 1. The second kappa shape index (κ2) is 6.63. The SMILES string of the molecule is Cc1ccc(OC(C)C(=O)NN2C(=O)C3CCCCC3C2=O)cc1. The molecule has 6 nitrogen and oxygen atoms in total. The highest BCUT2D eigenvalue weighted by Gasteiger charge is 2.49. The summed E-state index contributed by atoms with van der Waals surface area (Å²) in [7, 11) is 0. The van der Waals surface area contributed by atoms with Gasteiger partial charge < -0.3 is 4.74 Å². The first-order chi connectivity index (χ1) is 11.5. The third-order valence-corrected chi connectivity index (χ3v) is 4.77. The lowest BCUT2D eigenvalue weighted by Crippen LogP contribution is -2.50. The molecule has 0 bridgehead atoms. The van der Waals surface area contributed by atoms with Gasteiger partial charge in [0.05, 0.1) is 11.8 Å². The van der Waals surface area contributed by atoms with E-state index in [4.69, 9.17) is 4.74 Å². The van der Waals surface area contributed by atoms with Crippen molar-refractivity contribution in [3.63, 3.8) is 0 Å². The van der Waals surface area contributed by atoms with E-state index < -0.39 is 12.0 Å². The average molecular weight is 330 g/mol. The fourth-order valence-electron chi connectivity index (χ4n) is 3.35. The van der Waals surface area contributed by atoms with Gasteiger partial charge in [0, 0.05) is 0 Å². The van der Waals surface area contributed by atoms with Crippen molar-refractivity contribution in [3.05, 3.63) is 29.8 Å². The fraction of sp³-hybridized carbons (Fsp3) is 0.500. The highest BCUT2D eigenvalue weighted by Crippen LogP contribution is 2.37. The summed E-state index contributed by atoms with van der Waals surface area (Å²) in [5.74, 6) is -1.08. The van der Waals surface area contributed by atoms with Gasteiger partial charge in [-0.1, -0.05) is 30.5 Å². The predicted octanol–water partition coefficient (Wildman–Crippen LogP) is 1.97. The Kier molecular flexibility index (Phi) is 4.55. The Morgan fingerprint density at radius 2 is 1.67 bits per heavy atom. The average Bonchev–Trinajstić information content (AvgIpc) is 2.82. The zero-order valence-electron chi connectivity index (χ0n) is 14.0. The van der Waals surface area contributed by atoms with Gasteiger partial charge in [-0.15, -0.1) is 0 Å². The monoisotopic (exact) mass is 330 g/mol. The highest BCUT2D eigenvalue weighted by atomic mass is 16.5.